The summed E-state index contributed by atoms with van der Waals surface area (Å²) in [6.45, 7) is 3.29. The maximum absolute atomic E-state index is 13.2. The Morgan fingerprint density at radius 2 is 1.83 bits per heavy atom. The molecule has 1 saturated heterocycles. The lowest BCUT2D eigenvalue weighted by molar-refractivity contribution is -0.122. The van der Waals surface area contributed by atoms with Crippen LogP contribution in [0, 0.1) is 12.7 Å². The van der Waals surface area contributed by atoms with Gasteiger partial charge >= 0.3 is 0 Å². The number of amides is 1. The minimum Gasteiger partial charge on any atom is -0.339 e. The van der Waals surface area contributed by atoms with Gasteiger partial charge in [-0.25, -0.2) is 4.39 Å². The molecule has 0 aliphatic carbocycles. The van der Waals surface area contributed by atoms with Crippen molar-refractivity contribution < 1.29 is 13.7 Å². The van der Waals surface area contributed by atoms with E-state index in [4.69, 9.17) is 4.52 Å². The van der Waals surface area contributed by atoms with Gasteiger partial charge in [0.25, 0.3) is 0 Å². The van der Waals surface area contributed by atoms with Crippen molar-refractivity contribution in [2.75, 3.05) is 18.4 Å². The molecule has 1 aliphatic rings. The van der Waals surface area contributed by atoms with Crippen LogP contribution in [0.15, 0.2) is 59.1 Å². The van der Waals surface area contributed by atoms with Crippen LogP contribution in [0.3, 0.4) is 0 Å². The van der Waals surface area contributed by atoms with Crippen molar-refractivity contribution in [3.63, 3.8) is 0 Å². The van der Waals surface area contributed by atoms with Crippen LogP contribution in [0.1, 0.15) is 42.1 Å². The zero-order valence-electron chi connectivity index (χ0n) is 16.2. The first kappa shape index (κ1) is 19.3. The Morgan fingerprint density at radius 1 is 1.14 bits per heavy atom. The number of likely N-dealkylation sites (tertiary alicyclic amines) is 1. The summed E-state index contributed by atoms with van der Waals surface area (Å²) in [4.78, 5) is 19.7. The predicted molar refractivity (Wildman–Crippen MR) is 107 cm³/mol. The third-order valence-electron chi connectivity index (χ3n) is 5.26. The van der Waals surface area contributed by atoms with Gasteiger partial charge in [0.1, 0.15) is 11.9 Å². The van der Waals surface area contributed by atoms with Crippen LogP contribution in [-0.4, -0.2) is 34.0 Å². The summed E-state index contributed by atoms with van der Waals surface area (Å²) in [6, 6.07) is 15.1. The van der Waals surface area contributed by atoms with E-state index in [2.05, 4.69) is 20.4 Å². The van der Waals surface area contributed by atoms with E-state index in [-0.39, 0.29) is 17.6 Å². The average molecular weight is 394 g/mol. The molecule has 6 nitrogen and oxygen atoms in total. The lowest BCUT2D eigenvalue weighted by Crippen LogP contribution is -2.41. The van der Waals surface area contributed by atoms with Crippen LogP contribution in [-0.2, 0) is 4.79 Å². The van der Waals surface area contributed by atoms with E-state index < -0.39 is 6.04 Å². The van der Waals surface area contributed by atoms with E-state index in [0.29, 0.717) is 17.4 Å². The molecule has 3 aromatic rings. The quantitative estimate of drug-likeness (QED) is 0.706. The van der Waals surface area contributed by atoms with E-state index in [9.17, 15) is 9.18 Å². The normalized spacial score (nSPS) is 16.5. The van der Waals surface area contributed by atoms with Crippen molar-refractivity contribution in [2.24, 2.45) is 0 Å². The highest BCUT2D eigenvalue weighted by atomic mass is 19.1. The van der Waals surface area contributed by atoms with Crippen LogP contribution in [0.2, 0.25) is 0 Å². The molecule has 0 saturated carbocycles. The second-order valence-electron chi connectivity index (χ2n) is 7.30. The van der Waals surface area contributed by atoms with Crippen molar-refractivity contribution in [3.8, 4) is 0 Å². The Labute approximate surface area is 168 Å². The van der Waals surface area contributed by atoms with Gasteiger partial charge in [-0.05, 0) is 62.7 Å². The highest BCUT2D eigenvalue weighted by Crippen LogP contribution is 2.32. The molecule has 2 aromatic carbocycles. The van der Waals surface area contributed by atoms with Gasteiger partial charge in [0.15, 0.2) is 5.82 Å². The molecule has 150 valence electrons. The van der Waals surface area contributed by atoms with Crippen molar-refractivity contribution in [1.82, 2.24) is 15.0 Å². The highest BCUT2D eigenvalue weighted by molar-refractivity contribution is 5.95. The predicted octanol–water partition coefficient (Wildman–Crippen LogP) is 4.08. The molecule has 0 bridgehead atoms. The van der Waals surface area contributed by atoms with Crippen molar-refractivity contribution >= 4 is 11.6 Å². The van der Waals surface area contributed by atoms with Crippen molar-refractivity contribution in [2.45, 2.75) is 31.7 Å². The van der Waals surface area contributed by atoms with Crippen molar-refractivity contribution in [1.29, 1.82) is 0 Å². The fourth-order valence-corrected chi connectivity index (χ4v) is 3.79. The largest absolute Gasteiger partial charge is 0.339 e. The molecular weight excluding hydrogens is 371 g/mol. The number of anilines is 1. The fourth-order valence-electron chi connectivity index (χ4n) is 3.79. The fraction of sp³-hybridized carbons (Fsp3) is 0.318. The Kier molecular flexibility index (Phi) is 5.67. The number of rotatable bonds is 5. The third-order valence-corrected chi connectivity index (χ3v) is 5.26. The summed E-state index contributed by atoms with van der Waals surface area (Å²) in [5.74, 6) is 1.07. The molecule has 0 radical (unpaired) electrons. The van der Waals surface area contributed by atoms with Crippen molar-refractivity contribution in [3.05, 3.63) is 77.7 Å². The van der Waals surface area contributed by atoms with Gasteiger partial charge in [0, 0.05) is 11.6 Å². The first-order valence-corrected chi connectivity index (χ1v) is 9.76. The number of carbonyl (C=O) groups is 1. The summed E-state index contributed by atoms with van der Waals surface area (Å²) >= 11 is 0. The number of piperidine rings is 1. The molecule has 1 aliphatic heterocycles. The van der Waals surface area contributed by atoms with Gasteiger partial charge < -0.3 is 9.84 Å². The zero-order chi connectivity index (χ0) is 20.2. The molecule has 1 aromatic heterocycles. The lowest BCUT2D eigenvalue weighted by Gasteiger charge is -2.36. The number of aromatic nitrogens is 2. The molecule has 29 heavy (non-hydrogen) atoms. The van der Waals surface area contributed by atoms with E-state index in [1.54, 1.807) is 12.1 Å². The Bertz CT molecular complexity index is 950. The molecular formula is C22H23FN4O2. The minimum atomic E-state index is -0.424. The lowest BCUT2D eigenvalue weighted by atomic mass is 9.93. The first-order chi connectivity index (χ1) is 14.1. The number of hydrogen-bond donors (Lipinski definition) is 1. The SMILES string of the molecule is Cc1noc(C2CCN(C(C(=O)Nc3ccc(F)cc3)c3ccccc3)CC2)n1. The first-order valence-electron chi connectivity index (χ1n) is 9.76. The number of aryl methyl sites for hydroxylation is 1. The van der Waals surface area contributed by atoms with Gasteiger partial charge in [0.2, 0.25) is 11.8 Å². The van der Waals surface area contributed by atoms with E-state index in [0.717, 1.165) is 31.5 Å². The summed E-state index contributed by atoms with van der Waals surface area (Å²) in [6.07, 6.45) is 1.68. The third kappa shape index (κ3) is 4.51. The molecule has 1 amide bonds. The number of hydrogen-bond acceptors (Lipinski definition) is 5. The summed E-state index contributed by atoms with van der Waals surface area (Å²) < 4.78 is 18.5. The van der Waals surface area contributed by atoms with E-state index in [1.807, 2.05) is 37.3 Å². The maximum atomic E-state index is 13.2. The number of nitrogens with one attached hydrogen (secondary N) is 1. The number of nitrogens with zero attached hydrogens (tertiary/aromatic N) is 3. The van der Waals surface area contributed by atoms with Gasteiger partial charge in [0.05, 0.1) is 0 Å². The van der Waals surface area contributed by atoms with E-state index >= 15 is 0 Å². The topological polar surface area (TPSA) is 71.3 Å². The molecule has 2 heterocycles. The molecule has 0 spiro atoms. The minimum absolute atomic E-state index is 0.130. The Balaban J connectivity index is 1.50. The second-order valence-corrected chi connectivity index (χ2v) is 7.30. The number of carbonyl (C=O) groups excluding carboxylic acids is 1. The average Bonchev–Trinajstić information content (AvgIpc) is 3.18. The molecule has 7 heteroatoms. The van der Waals surface area contributed by atoms with Gasteiger partial charge in [-0.2, -0.15) is 4.98 Å². The standard InChI is InChI=1S/C22H23FN4O2/c1-15-24-22(29-26-15)17-11-13-27(14-12-17)20(16-5-3-2-4-6-16)21(28)25-19-9-7-18(23)8-10-19/h2-10,17,20H,11-14H2,1H3,(H,25,28). The summed E-state index contributed by atoms with van der Waals surface area (Å²) in [5.41, 5.74) is 1.51. The van der Waals surface area contributed by atoms with Crippen LogP contribution in [0.25, 0.3) is 0 Å². The summed E-state index contributed by atoms with van der Waals surface area (Å²) in [5, 5.41) is 6.81. The molecule has 1 atom stereocenters. The van der Waals surface area contributed by atoms with Crippen LogP contribution < -0.4 is 5.32 Å². The zero-order valence-corrected chi connectivity index (χ0v) is 16.2. The summed E-state index contributed by atoms with van der Waals surface area (Å²) in [7, 11) is 0. The molecule has 1 N–H and O–H groups in total. The van der Waals surface area contributed by atoms with E-state index in [1.165, 1.54) is 12.1 Å². The second kappa shape index (κ2) is 8.53. The highest BCUT2D eigenvalue weighted by Gasteiger charge is 2.33. The van der Waals surface area contributed by atoms with Gasteiger partial charge in [-0.3, -0.25) is 9.69 Å². The molecule has 1 fully saturated rings. The smallest absolute Gasteiger partial charge is 0.246 e. The Morgan fingerprint density at radius 3 is 2.45 bits per heavy atom. The van der Waals surface area contributed by atoms with Crippen LogP contribution >= 0.6 is 0 Å². The van der Waals surface area contributed by atoms with Gasteiger partial charge in [-0.15, -0.1) is 0 Å². The van der Waals surface area contributed by atoms with Crippen LogP contribution in [0.5, 0.6) is 0 Å². The maximum Gasteiger partial charge on any atom is 0.246 e. The number of halogens is 1. The van der Waals surface area contributed by atoms with Gasteiger partial charge in [-0.1, -0.05) is 35.5 Å². The number of benzene rings is 2. The Hall–Kier alpha value is -3.06. The monoisotopic (exact) mass is 394 g/mol. The van der Waals surface area contributed by atoms with Crippen LogP contribution in [0.4, 0.5) is 10.1 Å². The molecule has 1 unspecified atom stereocenters. The molecule has 4 rings (SSSR count).